The molecule has 0 saturated carbocycles. The monoisotopic (exact) mass is 385 g/mol. The zero-order valence-corrected chi connectivity index (χ0v) is 14.6. The predicted molar refractivity (Wildman–Crippen MR) is 90.8 cm³/mol. The minimum atomic E-state index is -4.12. The lowest BCUT2D eigenvalue weighted by Crippen LogP contribution is -2.48. The number of carboxylic acids is 1. The molecule has 5 nitrogen and oxygen atoms in total. The van der Waals surface area contributed by atoms with Crippen molar-refractivity contribution in [1.82, 2.24) is 4.31 Å². The Morgan fingerprint density at radius 3 is 2.46 bits per heavy atom. The van der Waals surface area contributed by atoms with Crippen molar-refractivity contribution >= 4 is 39.2 Å². The maximum Gasteiger partial charge on any atom is 0.322 e. The Morgan fingerprint density at radius 2 is 1.79 bits per heavy atom. The Kier molecular flexibility index (Phi) is 4.57. The summed E-state index contributed by atoms with van der Waals surface area (Å²) in [6.07, 6.45) is 0.100. The van der Waals surface area contributed by atoms with Crippen LogP contribution in [0.3, 0.4) is 0 Å². The summed E-state index contributed by atoms with van der Waals surface area (Å²) >= 11 is 11.9. The molecule has 1 heterocycles. The summed E-state index contributed by atoms with van der Waals surface area (Å²) in [5, 5.41) is 9.72. The molecule has 1 aliphatic rings. The zero-order chi connectivity index (χ0) is 17.5. The Morgan fingerprint density at radius 1 is 1.12 bits per heavy atom. The number of sulfonamides is 1. The zero-order valence-electron chi connectivity index (χ0n) is 12.3. The Bertz CT molecular complexity index is 914. The van der Waals surface area contributed by atoms with Gasteiger partial charge >= 0.3 is 5.97 Å². The minimum absolute atomic E-state index is 0.00222. The van der Waals surface area contributed by atoms with Gasteiger partial charge in [-0.2, -0.15) is 4.31 Å². The second-order valence-corrected chi connectivity index (χ2v) is 8.15. The fourth-order valence-corrected chi connectivity index (χ4v) is 5.06. The van der Waals surface area contributed by atoms with Gasteiger partial charge in [0.2, 0.25) is 10.0 Å². The van der Waals surface area contributed by atoms with Gasteiger partial charge in [-0.05, 0) is 29.3 Å². The smallest absolute Gasteiger partial charge is 0.322 e. The summed E-state index contributed by atoms with van der Waals surface area (Å²) in [6, 6.07) is 10.1. The molecule has 3 rings (SSSR count). The molecule has 8 heteroatoms. The quantitative estimate of drug-likeness (QED) is 0.879. The second kappa shape index (κ2) is 6.37. The van der Waals surface area contributed by atoms with Crippen LogP contribution in [0.4, 0.5) is 0 Å². The van der Waals surface area contributed by atoms with Crippen molar-refractivity contribution in [2.45, 2.75) is 23.9 Å². The minimum Gasteiger partial charge on any atom is -0.480 e. The molecule has 0 aliphatic carbocycles. The average Bonchev–Trinajstić information content (AvgIpc) is 2.55. The van der Waals surface area contributed by atoms with Crippen LogP contribution in [0.1, 0.15) is 11.1 Å². The SMILES string of the molecule is O=C(O)[C@@H]1Cc2ccccc2CN1S(=O)(=O)c1cc(Cl)ccc1Cl. The number of halogens is 2. The van der Waals surface area contributed by atoms with E-state index in [1.807, 2.05) is 6.07 Å². The molecule has 0 fully saturated rings. The Hall–Kier alpha value is -1.60. The molecule has 0 aromatic heterocycles. The summed E-state index contributed by atoms with van der Waals surface area (Å²) in [7, 11) is -4.12. The van der Waals surface area contributed by atoms with Crippen LogP contribution >= 0.6 is 23.2 Å². The van der Waals surface area contributed by atoms with Crippen LogP contribution in [0.25, 0.3) is 0 Å². The van der Waals surface area contributed by atoms with Gasteiger partial charge in [0.15, 0.2) is 0 Å². The van der Waals surface area contributed by atoms with Gasteiger partial charge in [-0.1, -0.05) is 47.5 Å². The fourth-order valence-electron chi connectivity index (χ4n) is 2.76. The van der Waals surface area contributed by atoms with Crippen LogP contribution < -0.4 is 0 Å². The number of hydrogen-bond donors (Lipinski definition) is 1. The van der Waals surface area contributed by atoms with E-state index in [1.165, 1.54) is 18.2 Å². The van der Waals surface area contributed by atoms with Crippen molar-refractivity contribution < 1.29 is 18.3 Å². The maximum absolute atomic E-state index is 13.0. The summed E-state index contributed by atoms with van der Waals surface area (Å²) in [5.74, 6) is -1.20. The number of carbonyl (C=O) groups is 1. The molecule has 0 radical (unpaired) electrons. The number of aliphatic carboxylic acids is 1. The van der Waals surface area contributed by atoms with Crippen LogP contribution in [0, 0.1) is 0 Å². The highest BCUT2D eigenvalue weighted by Gasteiger charge is 2.40. The third-order valence-corrected chi connectivity index (χ3v) is 6.54. The maximum atomic E-state index is 13.0. The van der Waals surface area contributed by atoms with Gasteiger partial charge in [0.25, 0.3) is 0 Å². The molecule has 1 atom stereocenters. The molecular formula is C16H13Cl2NO4S. The summed E-state index contributed by atoms with van der Waals surface area (Å²) in [5.41, 5.74) is 1.60. The van der Waals surface area contributed by atoms with E-state index >= 15 is 0 Å². The first-order valence-electron chi connectivity index (χ1n) is 7.07. The molecule has 0 saturated heterocycles. The number of nitrogens with zero attached hydrogens (tertiary/aromatic N) is 1. The van der Waals surface area contributed by atoms with E-state index in [1.54, 1.807) is 18.2 Å². The normalized spacial score (nSPS) is 18.2. The highest BCUT2D eigenvalue weighted by molar-refractivity contribution is 7.89. The topological polar surface area (TPSA) is 74.7 Å². The van der Waals surface area contributed by atoms with E-state index in [2.05, 4.69) is 0 Å². The molecule has 24 heavy (non-hydrogen) atoms. The van der Waals surface area contributed by atoms with Gasteiger partial charge in [-0.15, -0.1) is 0 Å². The van der Waals surface area contributed by atoms with Crippen molar-refractivity contribution in [2.24, 2.45) is 0 Å². The Balaban J connectivity index is 2.11. The number of rotatable bonds is 3. The lowest BCUT2D eigenvalue weighted by molar-refractivity contribution is -0.141. The summed E-state index contributed by atoms with van der Waals surface area (Å²) in [6.45, 7) is -0.0294. The number of hydrogen-bond acceptors (Lipinski definition) is 3. The highest BCUT2D eigenvalue weighted by Crippen LogP contribution is 2.33. The van der Waals surface area contributed by atoms with Crippen LogP contribution in [0.15, 0.2) is 47.4 Å². The first kappa shape index (κ1) is 17.2. The molecule has 0 spiro atoms. The van der Waals surface area contributed by atoms with Crippen molar-refractivity contribution in [3.63, 3.8) is 0 Å². The van der Waals surface area contributed by atoms with E-state index in [0.29, 0.717) is 0 Å². The molecule has 2 aromatic carbocycles. The molecule has 2 aromatic rings. The Labute approximate surface area is 149 Å². The van der Waals surface area contributed by atoms with Crippen molar-refractivity contribution in [1.29, 1.82) is 0 Å². The first-order valence-corrected chi connectivity index (χ1v) is 9.27. The lowest BCUT2D eigenvalue weighted by atomic mass is 9.96. The molecular weight excluding hydrogens is 373 g/mol. The highest BCUT2D eigenvalue weighted by atomic mass is 35.5. The van der Waals surface area contributed by atoms with Crippen molar-refractivity contribution in [3.05, 3.63) is 63.6 Å². The van der Waals surface area contributed by atoms with Gasteiger partial charge < -0.3 is 5.11 Å². The lowest BCUT2D eigenvalue weighted by Gasteiger charge is -2.33. The van der Waals surface area contributed by atoms with Gasteiger partial charge in [-0.3, -0.25) is 4.79 Å². The van der Waals surface area contributed by atoms with Crippen LogP contribution in [0.2, 0.25) is 10.0 Å². The van der Waals surface area contributed by atoms with Gasteiger partial charge in [0.05, 0.1) is 5.02 Å². The third-order valence-electron chi connectivity index (χ3n) is 3.97. The second-order valence-electron chi connectivity index (χ2n) is 5.45. The molecule has 0 unspecified atom stereocenters. The third kappa shape index (κ3) is 3.02. The van der Waals surface area contributed by atoms with Gasteiger partial charge in [-0.25, -0.2) is 8.42 Å². The van der Waals surface area contributed by atoms with Crippen molar-refractivity contribution in [3.8, 4) is 0 Å². The standard InChI is InChI=1S/C16H13Cl2NO4S/c17-12-5-6-13(18)15(8-12)24(22,23)19-9-11-4-2-1-3-10(11)7-14(19)16(20)21/h1-6,8,14H,7,9H2,(H,20,21)/t14-/m0/s1. The van der Waals surface area contributed by atoms with Gasteiger partial charge in [0, 0.05) is 18.0 Å². The van der Waals surface area contributed by atoms with E-state index in [4.69, 9.17) is 23.2 Å². The van der Waals surface area contributed by atoms with E-state index in [9.17, 15) is 18.3 Å². The van der Waals surface area contributed by atoms with Crippen LogP contribution in [0.5, 0.6) is 0 Å². The van der Waals surface area contributed by atoms with E-state index < -0.39 is 22.0 Å². The molecule has 1 N–H and O–H groups in total. The molecule has 1 aliphatic heterocycles. The fraction of sp³-hybridized carbons (Fsp3) is 0.188. The molecule has 0 bridgehead atoms. The number of fused-ring (bicyclic) bond motifs is 1. The average molecular weight is 386 g/mol. The first-order chi connectivity index (χ1) is 11.3. The number of benzene rings is 2. The number of carboxylic acid groups (broad SMARTS) is 1. The summed E-state index contributed by atoms with van der Waals surface area (Å²) in [4.78, 5) is 11.4. The van der Waals surface area contributed by atoms with Crippen LogP contribution in [-0.4, -0.2) is 29.8 Å². The van der Waals surface area contributed by atoms with Crippen molar-refractivity contribution in [2.75, 3.05) is 0 Å². The van der Waals surface area contributed by atoms with Crippen LogP contribution in [-0.2, 0) is 27.8 Å². The molecule has 0 amide bonds. The largest absolute Gasteiger partial charge is 0.480 e. The summed E-state index contributed by atoms with van der Waals surface area (Å²) < 4.78 is 27.0. The molecule has 126 valence electrons. The predicted octanol–water partition coefficient (Wildman–Crippen LogP) is 3.19. The van der Waals surface area contributed by atoms with Gasteiger partial charge in [0.1, 0.15) is 10.9 Å². The van der Waals surface area contributed by atoms with E-state index in [-0.39, 0.29) is 27.9 Å². The van der Waals surface area contributed by atoms with E-state index in [0.717, 1.165) is 15.4 Å².